The van der Waals surface area contributed by atoms with Gasteiger partial charge in [-0.3, -0.25) is 0 Å². The van der Waals surface area contributed by atoms with Crippen LogP contribution in [-0.4, -0.2) is 11.2 Å². The predicted octanol–water partition coefficient (Wildman–Crippen LogP) is 3.60. The van der Waals surface area contributed by atoms with Crippen molar-refractivity contribution in [3.63, 3.8) is 0 Å². The van der Waals surface area contributed by atoms with Gasteiger partial charge in [-0.1, -0.05) is 19.3 Å². The van der Waals surface area contributed by atoms with Crippen LogP contribution >= 0.6 is 27.3 Å². The Hall–Kier alpha value is 0.140. The highest BCUT2D eigenvalue weighted by Crippen LogP contribution is 2.31. The van der Waals surface area contributed by atoms with Crippen molar-refractivity contribution in [1.82, 2.24) is 0 Å². The monoisotopic (exact) mass is 274 g/mol. The molecule has 0 spiro atoms. The first-order chi connectivity index (χ1) is 6.74. The van der Waals surface area contributed by atoms with Crippen LogP contribution in [0.25, 0.3) is 0 Å². The highest BCUT2D eigenvalue weighted by molar-refractivity contribution is 9.10. The zero-order chi connectivity index (χ0) is 9.97. The van der Waals surface area contributed by atoms with Crippen LogP contribution in [0.1, 0.15) is 30.6 Å². The number of hydrogen-bond acceptors (Lipinski definition) is 2. The van der Waals surface area contributed by atoms with Crippen molar-refractivity contribution in [3.05, 3.63) is 20.8 Å². The molecule has 1 nitrogen and oxygen atoms in total. The normalized spacial score (nSPS) is 19.3. The molecule has 1 unspecified atom stereocenters. The van der Waals surface area contributed by atoms with Crippen LogP contribution < -0.4 is 0 Å². The zero-order valence-corrected chi connectivity index (χ0v) is 10.5. The summed E-state index contributed by atoms with van der Waals surface area (Å²) < 4.78 is 1.13. The first-order valence-electron chi connectivity index (χ1n) is 5.15. The fourth-order valence-corrected chi connectivity index (χ4v) is 3.41. The summed E-state index contributed by atoms with van der Waals surface area (Å²) in [5.41, 5.74) is 0. The van der Waals surface area contributed by atoms with Crippen molar-refractivity contribution in [3.8, 4) is 0 Å². The minimum atomic E-state index is -0.133. The lowest BCUT2D eigenvalue weighted by atomic mass is 9.81. The number of aliphatic hydroxyl groups excluding tert-OH is 1. The topological polar surface area (TPSA) is 20.2 Å². The SMILES string of the molecule is OC(Cc1cc(Br)cs1)CC1CCC1. The molecule has 1 aliphatic rings. The molecule has 1 atom stereocenters. The first-order valence-corrected chi connectivity index (χ1v) is 6.82. The second-order valence-electron chi connectivity index (χ2n) is 4.12. The summed E-state index contributed by atoms with van der Waals surface area (Å²) in [5.74, 6) is 0.799. The van der Waals surface area contributed by atoms with Gasteiger partial charge in [0, 0.05) is 21.2 Å². The van der Waals surface area contributed by atoms with Crippen LogP contribution in [0.15, 0.2) is 15.9 Å². The Morgan fingerprint density at radius 1 is 1.57 bits per heavy atom. The Morgan fingerprint density at radius 3 is 2.86 bits per heavy atom. The van der Waals surface area contributed by atoms with Crippen LogP contribution in [0.5, 0.6) is 0 Å². The smallest absolute Gasteiger partial charge is 0.0591 e. The fourth-order valence-electron chi connectivity index (χ4n) is 1.89. The standard InChI is InChI=1S/C11H15BrOS/c12-9-5-11(14-7-9)6-10(13)4-8-2-1-3-8/h5,7-8,10,13H,1-4,6H2. The molecule has 0 saturated heterocycles. The lowest BCUT2D eigenvalue weighted by Crippen LogP contribution is -2.20. The molecule has 1 aromatic heterocycles. The van der Waals surface area contributed by atoms with Crippen molar-refractivity contribution in [2.24, 2.45) is 5.92 Å². The fraction of sp³-hybridized carbons (Fsp3) is 0.636. The number of aliphatic hydroxyl groups is 1. The van der Waals surface area contributed by atoms with Gasteiger partial charge in [-0.15, -0.1) is 11.3 Å². The van der Waals surface area contributed by atoms with Gasteiger partial charge in [-0.25, -0.2) is 0 Å². The maximum Gasteiger partial charge on any atom is 0.0591 e. The van der Waals surface area contributed by atoms with Crippen molar-refractivity contribution in [2.45, 2.75) is 38.2 Å². The Bertz CT molecular complexity index is 293. The quantitative estimate of drug-likeness (QED) is 0.890. The Kier molecular flexibility index (Phi) is 3.63. The molecule has 1 N–H and O–H groups in total. The van der Waals surface area contributed by atoms with Crippen LogP contribution in [-0.2, 0) is 6.42 Å². The molecule has 0 amide bonds. The van der Waals surface area contributed by atoms with Crippen molar-refractivity contribution >= 4 is 27.3 Å². The number of rotatable bonds is 4. The van der Waals surface area contributed by atoms with Crippen molar-refractivity contribution in [1.29, 1.82) is 0 Å². The van der Waals surface area contributed by atoms with Gasteiger partial charge in [-0.2, -0.15) is 0 Å². The van der Waals surface area contributed by atoms with E-state index < -0.39 is 0 Å². The van der Waals surface area contributed by atoms with E-state index in [0.29, 0.717) is 0 Å². The lowest BCUT2D eigenvalue weighted by Gasteiger charge is -2.27. The van der Waals surface area contributed by atoms with Gasteiger partial charge in [0.15, 0.2) is 0 Å². The second-order valence-corrected chi connectivity index (χ2v) is 6.03. The molecule has 14 heavy (non-hydrogen) atoms. The minimum absolute atomic E-state index is 0.133. The van der Waals surface area contributed by atoms with Crippen LogP contribution in [0.2, 0.25) is 0 Å². The molecule has 1 heterocycles. The molecule has 3 heteroatoms. The first kappa shape index (κ1) is 10.7. The summed E-state index contributed by atoms with van der Waals surface area (Å²) in [4.78, 5) is 1.28. The highest BCUT2D eigenvalue weighted by Gasteiger charge is 2.21. The van der Waals surface area contributed by atoms with E-state index in [9.17, 15) is 5.11 Å². The second kappa shape index (κ2) is 4.77. The van der Waals surface area contributed by atoms with E-state index in [1.807, 2.05) is 0 Å². The molecule has 0 radical (unpaired) electrons. The van der Waals surface area contributed by atoms with Gasteiger partial charge in [0.1, 0.15) is 0 Å². The van der Waals surface area contributed by atoms with E-state index in [1.165, 1.54) is 24.1 Å². The molecule has 0 bridgehead atoms. The average Bonchev–Trinajstić information content (AvgIpc) is 2.44. The molecular formula is C11H15BrOS. The summed E-state index contributed by atoms with van der Waals surface area (Å²) in [6.07, 6.45) is 5.70. The maximum absolute atomic E-state index is 9.84. The molecule has 1 fully saturated rings. The van der Waals surface area contributed by atoms with Gasteiger partial charge in [0.25, 0.3) is 0 Å². The molecule has 78 valence electrons. The molecule has 1 saturated carbocycles. The zero-order valence-electron chi connectivity index (χ0n) is 8.08. The molecule has 0 aliphatic heterocycles. The summed E-state index contributed by atoms with van der Waals surface area (Å²) in [6, 6.07) is 2.11. The van der Waals surface area contributed by atoms with E-state index in [1.54, 1.807) is 11.3 Å². The number of thiophene rings is 1. The highest BCUT2D eigenvalue weighted by atomic mass is 79.9. The molecule has 1 aliphatic carbocycles. The summed E-state index contributed by atoms with van der Waals surface area (Å²) in [6.45, 7) is 0. The third kappa shape index (κ3) is 2.81. The van der Waals surface area contributed by atoms with Crippen molar-refractivity contribution in [2.75, 3.05) is 0 Å². The Labute approximate surface area is 97.3 Å². The van der Waals surface area contributed by atoms with E-state index in [-0.39, 0.29) is 6.10 Å². The van der Waals surface area contributed by atoms with E-state index in [0.717, 1.165) is 23.2 Å². The van der Waals surface area contributed by atoms with Crippen LogP contribution in [0.4, 0.5) is 0 Å². The van der Waals surface area contributed by atoms with Gasteiger partial charge in [0.2, 0.25) is 0 Å². The minimum Gasteiger partial charge on any atom is -0.393 e. The molecular weight excluding hydrogens is 260 g/mol. The molecule has 0 aromatic carbocycles. The third-order valence-electron chi connectivity index (χ3n) is 2.89. The van der Waals surface area contributed by atoms with E-state index in [2.05, 4.69) is 27.4 Å². The summed E-state index contributed by atoms with van der Waals surface area (Å²) >= 11 is 5.15. The van der Waals surface area contributed by atoms with Crippen molar-refractivity contribution < 1.29 is 5.11 Å². The maximum atomic E-state index is 9.84. The number of hydrogen-bond donors (Lipinski definition) is 1. The van der Waals surface area contributed by atoms with Gasteiger partial charge in [-0.05, 0) is 34.3 Å². The number of halogens is 1. The largest absolute Gasteiger partial charge is 0.393 e. The molecule has 1 aromatic rings. The Morgan fingerprint density at radius 2 is 2.36 bits per heavy atom. The van der Waals surface area contributed by atoms with E-state index >= 15 is 0 Å². The van der Waals surface area contributed by atoms with Gasteiger partial charge < -0.3 is 5.11 Å². The van der Waals surface area contributed by atoms with E-state index in [4.69, 9.17) is 0 Å². The van der Waals surface area contributed by atoms with Gasteiger partial charge >= 0.3 is 0 Å². The summed E-state index contributed by atoms with van der Waals surface area (Å²) in [7, 11) is 0. The predicted molar refractivity (Wildman–Crippen MR) is 63.7 cm³/mol. The van der Waals surface area contributed by atoms with Crippen LogP contribution in [0.3, 0.4) is 0 Å². The Balaban J connectivity index is 1.78. The lowest BCUT2D eigenvalue weighted by molar-refractivity contribution is 0.118. The van der Waals surface area contributed by atoms with Crippen LogP contribution in [0, 0.1) is 5.92 Å². The third-order valence-corrected chi connectivity index (χ3v) is 4.61. The van der Waals surface area contributed by atoms with Gasteiger partial charge in [0.05, 0.1) is 6.10 Å². The summed E-state index contributed by atoms with van der Waals surface area (Å²) in [5, 5.41) is 11.9. The average molecular weight is 275 g/mol. The molecule has 2 rings (SSSR count).